The second-order valence-corrected chi connectivity index (χ2v) is 8.14. The third-order valence-electron chi connectivity index (χ3n) is 3.93. The molecule has 9 heteroatoms. The van der Waals surface area contributed by atoms with Crippen LogP contribution in [0.1, 0.15) is 35.7 Å². The van der Waals surface area contributed by atoms with Gasteiger partial charge in [0.25, 0.3) is 5.91 Å². The molecule has 0 spiro atoms. The van der Waals surface area contributed by atoms with Gasteiger partial charge in [0.05, 0.1) is 10.5 Å². The van der Waals surface area contributed by atoms with Gasteiger partial charge in [0.2, 0.25) is 10.0 Å². The van der Waals surface area contributed by atoms with Crippen molar-refractivity contribution in [3.63, 3.8) is 0 Å². The van der Waals surface area contributed by atoms with Crippen LogP contribution >= 0.6 is 0 Å². The lowest BCUT2D eigenvalue weighted by Crippen LogP contribution is -2.22. The van der Waals surface area contributed by atoms with E-state index in [-0.39, 0.29) is 4.90 Å². The normalized spacial score (nSPS) is 11.3. The van der Waals surface area contributed by atoms with Gasteiger partial charge in [-0.25, -0.2) is 22.3 Å². The summed E-state index contributed by atoms with van der Waals surface area (Å²) < 4.78 is 44.3. The van der Waals surface area contributed by atoms with Crippen molar-refractivity contribution in [3.8, 4) is 0 Å². The van der Waals surface area contributed by atoms with Gasteiger partial charge in [0.1, 0.15) is 5.82 Å². The Hall–Kier alpha value is -2.78. The van der Waals surface area contributed by atoms with Crippen molar-refractivity contribution in [2.24, 2.45) is 0 Å². The zero-order chi connectivity index (χ0) is 20.9. The van der Waals surface area contributed by atoms with E-state index < -0.39 is 39.9 Å². The fraction of sp³-hybridized carbons (Fsp3) is 0.263. The summed E-state index contributed by atoms with van der Waals surface area (Å²) in [7, 11) is -2.67. The Bertz CT molecular complexity index is 972. The average molecular weight is 408 g/mol. The van der Waals surface area contributed by atoms with Gasteiger partial charge in [-0.1, -0.05) is 26.0 Å². The van der Waals surface area contributed by atoms with E-state index >= 15 is 0 Å². The molecule has 0 radical (unpaired) electrons. The Morgan fingerprint density at radius 2 is 1.75 bits per heavy atom. The summed E-state index contributed by atoms with van der Waals surface area (Å²) in [5.41, 5.74) is 1.06. The van der Waals surface area contributed by atoms with Gasteiger partial charge < -0.3 is 10.1 Å². The molecule has 7 nitrogen and oxygen atoms in total. The minimum absolute atomic E-state index is 0.293. The van der Waals surface area contributed by atoms with E-state index in [0.29, 0.717) is 11.6 Å². The van der Waals surface area contributed by atoms with Gasteiger partial charge in [-0.05, 0) is 48.9 Å². The predicted molar refractivity (Wildman–Crippen MR) is 102 cm³/mol. The number of nitrogens with one attached hydrogen (secondary N) is 2. The van der Waals surface area contributed by atoms with Crippen molar-refractivity contribution < 1.29 is 27.1 Å². The highest BCUT2D eigenvalue weighted by molar-refractivity contribution is 7.89. The van der Waals surface area contributed by atoms with Gasteiger partial charge in [0.15, 0.2) is 6.61 Å². The summed E-state index contributed by atoms with van der Waals surface area (Å²) >= 11 is 0. The maximum absolute atomic E-state index is 13.9. The first-order valence-electron chi connectivity index (χ1n) is 8.44. The fourth-order valence-corrected chi connectivity index (χ4v) is 3.06. The number of hydrogen-bond acceptors (Lipinski definition) is 5. The van der Waals surface area contributed by atoms with Crippen LogP contribution in [0, 0.1) is 5.82 Å². The maximum atomic E-state index is 13.9. The number of halogens is 1. The molecule has 0 atom stereocenters. The van der Waals surface area contributed by atoms with Crippen molar-refractivity contribution in [1.82, 2.24) is 4.72 Å². The number of carbonyl (C=O) groups is 2. The van der Waals surface area contributed by atoms with Gasteiger partial charge in [0, 0.05) is 5.69 Å². The molecule has 2 rings (SSSR count). The Morgan fingerprint density at radius 3 is 2.32 bits per heavy atom. The summed E-state index contributed by atoms with van der Waals surface area (Å²) in [6.45, 7) is 3.44. The predicted octanol–water partition coefficient (Wildman–Crippen LogP) is 2.65. The van der Waals surface area contributed by atoms with Crippen molar-refractivity contribution >= 4 is 27.6 Å². The van der Waals surface area contributed by atoms with Crippen LogP contribution in [0.2, 0.25) is 0 Å². The molecular weight excluding hydrogens is 387 g/mol. The van der Waals surface area contributed by atoms with Gasteiger partial charge in [-0.2, -0.15) is 0 Å². The van der Waals surface area contributed by atoms with Crippen LogP contribution in [0.4, 0.5) is 10.1 Å². The smallest absolute Gasteiger partial charge is 0.341 e. The molecule has 0 aromatic heterocycles. The SMILES string of the molecule is CNS(=O)(=O)c1ccc(F)c(C(=O)OCC(=O)Nc2ccc(C(C)C)cc2)c1. The molecular formula is C19H21FN2O5S. The number of rotatable bonds is 7. The number of carbonyl (C=O) groups excluding carboxylic acids is 2. The average Bonchev–Trinajstić information content (AvgIpc) is 2.66. The van der Waals surface area contributed by atoms with Crippen LogP contribution in [0.25, 0.3) is 0 Å². The number of benzene rings is 2. The number of ether oxygens (including phenoxy) is 1. The molecule has 0 aliphatic carbocycles. The van der Waals surface area contributed by atoms with Crippen LogP contribution in [0.15, 0.2) is 47.4 Å². The first kappa shape index (κ1) is 21.5. The molecule has 0 saturated heterocycles. The van der Waals surface area contributed by atoms with Crippen LogP contribution in [0.5, 0.6) is 0 Å². The van der Waals surface area contributed by atoms with E-state index in [4.69, 9.17) is 4.74 Å². The molecule has 0 heterocycles. The number of anilines is 1. The molecule has 0 aliphatic heterocycles. The summed E-state index contributed by atoms with van der Waals surface area (Å²) in [6, 6.07) is 9.90. The van der Waals surface area contributed by atoms with E-state index in [0.717, 1.165) is 23.8 Å². The third-order valence-corrected chi connectivity index (χ3v) is 5.34. The first-order chi connectivity index (χ1) is 13.1. The zero-order valence-corrected chi connectivity index (χ0v) is 16.5. The minimum atomic E-state index is -3.86. The third kappa shape index (κ3) is 5.37. The van der Waals surface area contributed by atoms with E-state index in [2.05, 4.69) is 10.0 Å². The number of amides is 1. The van der Waals surface area contributed by atoms with Crippen LogP contribution in [0.3, 0.4) is 0 Å². The molecule has 1 amide bonds. The second-order valence-electron chi connectivity index (χ2n) is 6.25. The topological polar surface area (TPSA) is 102 Å². The van der Waals surface area contributed by atoms with Crippen molar-refractivity contribution in [3.05, 3.63) is 59.4 Å². The standard InChI is InChI=1S/C19H21FN2O5S/c1-12(2)13-4-6-14(7-5-13)22-18(23)11-27-19(24)16-10-15(8-9-17(16)20)28(25,26)21-3/h4-10,12,21H,11H2,1-3H3,(H,22,23). The van der Waals surface area contributed by atoms with E-state index in [9.17, 15) is 22.4 Å². The van der Waals surface area contributed by atoms with Crippen molar-refractivity contribution in [2.45, 2.75) is 24.7 Å². The highest BCUT2D eigenvalue weighted by Gasteiger charge is 2.20. The van der Waals surface area contributed by atoms with Gasteiger partial charge >= 0.3 is 5.97 Å². The lowest BCUT2D eigenvalue weighted by Gasteiger charge is -2.10. The summed E-state index contributed by atoms with van der Waals surface area (Å²) in [5, 5.41) is 2.56. The van der Waals surface area contributed by atoms with E-state index in [1.165, 1.54) is 7.05 Å². The molecule has 0 bridgehead atoms. The summed E-state index contributed by atoms with van der Waals surface area (Å²) in [4.78, 5) is 23.7. The van der Waals surface area contributed by atoms with Crippen LogP contribution < -0.4 is 10.0 Å². The lowest BCUT2D eigenvalue weighted by atomic mass is 10.0. The maximum Gasteiger partial charge on any atom is 0.341 e. The number of esters is 1. The molecule has 2 aromatic carbocycles. The Morgan fingerprint density at radius 1 is 1.11 bits per heavy atom. The monoisotopic (exact) mass is 408 g/mol. The Labute approximate surface area is 163 Å². The number of hydrogen-bond donors (Lipinski definition) is 2. The Balaban J connectivity index is 2.01. The van der Waals surface area contributed by atoms with E-state index in [1.54, 1.807) is 12.1 Å². The fourth-order valence-electron chi connectivity index (χ4n) is 2.30. The molecule has 28 heavy (non-hydrogen) atoms. The second kappa shape index (κ2) is 8.94. The van der Waals surface area contributed by atoms with E-state index in [1.807, 2.05) is 26.0 Å². The van der Waals surface area contributed by atoms with Crippen LogP contribution in [-0.2, 0) is 19.6 Å². The molecule has 0 aliphatic rings. The van der Waals surface area contributed by atoms with Crippen molar-refractivity contribution in [1.29, 1.82) is 0 Å². The largest absolute Gasteiger partial charge is 0.452 e. The first-order valence-corrected chi connectivity index (χ1v) is 9.92. The minimum Gasteiger partial charge on any atom is -0.452 e. The summed E-state index contributed by atoms with van der Waals surface area (Å²) in [5.74, 6) is -2.35. The quantitative estimate of drug-likeness (QED) is 0.686. The lowest BCUT2D eigenvalue weighted by molar-refractivity contribution is -0.119. The zero-order valence-electron chi connectivity index (χ0n) is 15.7. The molecule has 0 unspecified atom stereocenters. The molecule has 0 fully saturated rings. The molecule has 150 valence electrons. The Kier molecular flexibility index (Phi) is 6.87. The summed E-state index contributed by atoms with van der Waals surface area (Å²) in [6.07, 6.45) is 0. The molecule has 0 saturated carbocycles. The molecule has 2 N–H and O–H groups in total. The highest BCUT2D eigenvalue weighted by atomic mass is 32.2. The van der Waals surface area contributed by atoms with Gasteiger partial charge in [-0.15, -0.1) is 0 Å². The molecule has 2 aromatic rings. The highest BCUT2D eigenvalue weighted by Crippen LogP contribution is 2.18. The van der Waals surface area contributed by atoms with Gasteiger partial charge in [-0.3, -0.25) is 4.79 Å². The van der Waals surface area contributed by atoms with Crippen LogP contribution in [-0.4, -0.2) is 33.9 Å². The van der Waals surface area contributed by atoms with Crippen molar-refractivity contribution in [2.75, 3.05) is 19.0 Å². The number of sulfonamides is 1.